The van der Waals surface area contributed by atoms with Crippen LogP contribution in [-0.2, 0) is 5.41 Å². The molecule has 0 spiro atoms. The molecule has 0 atom stereocenters. The van der Waals surface area contributed by atoms with E-state index in [-0.39, 0.29) is 16.8 Å². The molecule has 0 heterocycles. The maximum atomic E-state index is 10.9. The third kappa shape index (κ3) is 5.34. The molecule has 1 fully saturated rings. The molecule has 8 nitrogen and oxygen atoms in total. The van der Waals surface area contributed by atoms with Crippen molar-refractivity contribution in [1.29, 1.82) is 0 Å². The van der Waals surface area contributed by atoms with E-state index in [0.717, 1.165) is 25.7 Å². The van der Waals surface area contributed by atoms with Crippen LogP contribution in [0.15, 0.2) is 97.1 Å². The summed E-state index contributed by atoms with van der Waals surface area (Å²) in [5.74, 6) is 2.42. The number of hydrogen-bond donors (Lipinski definition) is 0. The number of nitro groups is 2. The fraction of sp³-hybridized carbons (Fsp3) is 0.200. The van der Waals surface area contributed by atoms with Gasteiger partial charge >= 0.3 is 0 Å². The van der Waals surface area contributed by atoms with Gasteiger partial charge < -0.3 is 9.47 Å². The van der Waals surface area contributed by atoms with Gasteiger partial charge in [-0.05, 0) is 72.5 Å². The lowest BCUT2D eigenvalue weighted by Gasteiger charge is -2.38. The molecular formula is C30H26N2O6. The molecule has 1 aliphatic carbocycles. The summed E-state index contributed by atoms with van der Waals surface area (Å²) >= 11 is 0. The minimum Gasteiger partial charge on any atom is -0.457 e. The number of benzene rings is 4. The lowest BCUT2D eigenvalue weighted by Crippen LogP contribution is -2.30. The molecule has 0 radical (unpaired) electrons. The molecule has 1 aliphatic rings. The van der Waals surface area contributed by atoms with E-state index in [4.69, 9.17) is 9.47 Å². The molecule has 8 heteroatoms. The van der Waals surface area contributed by atoms with Gasteiger partial charge in [0.2, 0.25) is 0 Å². The van der Waals surface area contributed by atoms with E-state index in [2.05, 4.69) is 24.3 Å². The van der Waals surface area contributed by atoms with E-state index in [1.54, 1.807) is 24.3 Å². The lowest BCUT2D eigenvalue weighted by atomic mass is 9.65. The first kappa shape index (κ1) is 25.0. The molecule has 0 aliphatic heterocycles. The summed E-state index contributed by atoms with van der Waals surface area (Å²) in [5, 5.41) is 21.8. The van der Waals surface area contributed by atoms with Gasteiger partial charge in [-0.3, -0.25) is 20.2 Å². The van der Waals surface area contributed by atoms with Gasteiger partial charge in [-0.1, -0.05) is 43.5 Å². The summed E-state index contributed by atoms with van der Waals surface area (Å²) in [6.07, 6.45) is 5.57. The van der Waals surface area contributed by atoms with Gasteiger partial charge in [-0.25, -0.2) is 0 Å². The summed E-state index contributed by atoms with van der Waals surface area (Å²) in [6, 6.07) is 28.3. The zero-order valence-electron chi connectivity index (χ0n) is 20.6. The van der Waals surface area contributed by atoms with Crippen LogP contribution in [0, 0.1) is 20.2 Å². The highest BCUT2D eigenvalue weighted by Crippen LogP contribution is 2.46. The summed E-state index contributed by atoms with van der Waals surface area (Å²) in [7, 11) is 0. The fourth-order valence-corrected chi connectivity index (χ4v) is 5.13. The van der Waals surface area contributed by atoms with Crippen molar-refractivity contribution < 1.29 is 19.3 Å². The Morgan fingerprint density at radius 3 is 1.13 bits per heavy atom. The van der Waals surface area contributed by atoms with Crippen molar-refractivity contribution in [2.45, 2.75) is 37.5 Å². The van der Waals surface area contributed by atoms with Crippen molar-refractivity contribution in [2.24, 2.45) is 0 Å². The largest absolute Gasteiger partial charge is 0.457 e. The van der Waals surface area contributed by atoms with Crippen LogP contribution in [0.25, 0.3) is 0 Å². The van der Waals surface area contributed by atoms with Gasteiger partial charge in [0.15, 0.2) is 0 Å². The fourth-order valence-electron chi connectivity index (χ4n) is 5.13. The van der Waals surface area contributed by atoms with E-state index in [1.807, 2.05) is 24.3 Å². The van der Waals surface area contributed by atoms with Gasteiger partial charge in [-0.15, -0.1) is 0 Å². The molecule has 1 saturated carbocycles. The maximum absolute atomic E-state index is 10.9. The second kappa shape index (κ2) is 10.7. The molecular weight excluding hydrogens is 484 g/mol. The number of rotatable bonds is 8. The van der Waals surface area contributed by atoms with Gasteiger partial charge in [0, 0.05) is 29.7 Å². The summed E-state index contributed by atoms with van der Waals surface area (Å²) in [6.45, 7) is 0. The molecule has 192 valence electrons. The van der Waals surface area contributed by atoms with E-state index in [0.29, 0.717) is 23.0 Å². The molecule has 4 aromatic rings. The first-order valence-electron chi connectivity index (χ1n) is 12.5. The minimum atomic E-state index is -0.434. The highest BCUT2D eigenvalue weighted by Gasteiger charge is 2.35. The van der Waals surface area contributed by atoms with Gasteiger partial charge in [0.05, 0.1) is 9.85 Å². The summed E-state index contributed by atoms with van der Waals surface area (Å²) < 4.78 is 11.8. The predicted octanol–water partition coefficient (Wildman–Crippen LogP) is 8.34. The summed E-state index contributed by atoms with van der Waals surface area (Å²) in [5.41, 5.74) is 2.37. The Bertz CT molecular complexity index is 1310. The van der Waals surface area contributed by atoms with Crippen LogP contribution in [0.4, 0.5) is 11.4 Å². The highest BCUT2D eigenvalue weighted by atomic mass is 16.6. The van der Waals surface area contributed by atoms with Gasteiger partial charge in [0.25, 0.3) is 11.4 Å². The average molecular weight is 511 g/mol. The molecule has 38 heavy (non-hydrogen) atoms. The van der Waals surface area contributed by atoms with Gasteiger partial charge in [-0.2, -0.15) is 0 Å². The second-order valence-electron chi connectivity index (χ2n) is 9.40. The van der Waals surface area contributed by atoms with Crippen molar-refractivity contribution in [1.82, 2.24) is 0 Å². The van der Waals surface area contributed by atoms with E-state index in [9.17, 15) is 20.2 Å². The normalized spacial score (nSPS) is 14.4. The quantitative estimate of drug-likeness (QED) is 0.174. The smallest absolute Gasteiger partial charge is 0.269 e. The van der Waals surface area contributed by atoms with E-state index in [1.165, 1.54) is 41.8 Å². The van der Waals surface area contributed by atoms with Crippen molar-refractivity contribution in [2.75, 3.05) is 0 Å². The zero-order chi connectivity index (χ0) is 26.5. The molecule has 0 amide bonds. The van der Waals surface area contributed by atoms with E-state index < -0.39 is 9.85 Å². The number of ether oxygens (including phenoxy) is 2. The Morgan fingerprint density at radius 1 is 0.500 bits per heavy atom. The molecule has 0 saturated heterocycles. The number of nitro benzene ring substituents is 2. The monoisotopic (exact) mass is 510 g/mol. The predicted molar refractivity (Wildman–Crippen MR) is 143 cm³/mol. The standard InChI is InChI=1S/C30H26N2O6/c33-31(34)24-8-16-28(17-9-24)37-26-12-4-22(5-13-26)30(20-2-1-3-21-30)23-6-14-27(15-7-23)38-29-18-10-25(11-19-29)32(35)36/h4-19H,1-3,20-21H2. The molecule has 0 bridgehead atoms. The first-order valence-corrected chi connectivity index (χ1v) is 12.5. The van der Waals surface area contributed by atoms with Crippen LogP contribution in [0.3, 0.4) is 0 Å². The van der Waals surface area contributed by atoms with E-state index >= 15 is 0 Å². The second-order valence-corrected chi connectivity index (χ2v) is 9.40. The van der Waals surface area contributed by atoms with Crippen LogP contribution < -0.4 is 9.47 Å². The SMILES string of the molecule is O=[N+]([O-])c1ccc(Oc2ccc(C3(c4ccc(Oc5ccc([N+](=O)[O-])cc5)cc4)CCCCC3)cc2)cc1. The Hall–Kier alpha value is -4.72. The Morgan fingerprint density at radius 2 is 0.816 bits per heavy atom. The van der Waals surface area contributed by atoms with Crippen molar-refractivity contribution in [3.05, 3.63) is 128 Å². The van der Waals surface area contributed by atoms with Gasteiger partial charge in [0.1, 0.15) is 23.0 Å². The van der Waals surface area contributed by atoms with Crippen LogP contribution >= 0.6 is 0 Å². The van der Waals surface area contributed by atoms with Crippen LogP contribution in [0.5, 0.6) is 23.0 Å². The average Bonchev–Trinajstić information content (AvgIpc) is 2.95. The Labute approximate surface area is 219 Å². The van der Waals surface area contributed by atoms with Crippen LogP contribution in [0.1, 0.15) is 43.2 Å². The van der Waals surface area contributed by atoms with Crippen molar-refractivity contribution in [3.8, 4) is 23.0 Å². The minimum absolute atomic E-state index is 0.0242. The summed E-state index contributed by atoms with van der Waals surface area (Å²) in [4.78, 5) is 20.9. The molecule has 0 N–H and O–H groups in total. The number of non-ortho nitro benzene ring substituents is 2. The lowest BCUT2D eigenvalue weighted by molar-refractivity contribution is -0.385. The third-order valence-corrected chi connectivity index (χ3v) is 7.09. The van der Waals surface area contributed by atoms with Crippen molar-refractivity contribution >= 4 is 11.4 Å². The van der Waals surface area contributed by atoms with Crippen LogP contribution in [-0.4, -0.2) is 9.85 Å². The Kier molecular flexibility index (Phi) is 7.04. The molecule has 5 rings (SSSR count). The first-order chi connectivity index (χ1) is 18.4. The third-order valence-electron chi connectivity index (χ3n) is 7.09. The number of hydrogen-bond acceptors (Lipinski definition) is 6. The Balaban J connectivity index is 1.34. The highest BCUT2D eigenvalue weighted by molar-refractivity contribution is 5.46. The molecule has 0 aromatic heterocycles. The zero-order valence-corrected chi connectivity index (χ0v) is 20.6. The molecule has 0 unspecified atom stereocenters. The van der Waals surface area contributed by atoms with Crippen molar-refractivity contribution in [3.63, 3.8) is 0 Å². The number of nitrogens with zero attached hydrogens (tertiary/aromatic N) is 2. The topological polar surface area (TPSA) is 105 Å². The maximum Gasteiger partial charge on any atom is 0.269 e. The van der Waals surface area contributed by atoms with Crippen LogP contribution in [0.2, 0.25) is 0 Å². The molecule has 4 aromatic carbocycles.